The van der Waals surface area contributed by atoms with Crippen molar-refractivity contribution in [3.8, 4) is 0 Å². The Morgan fingerprint density at radius 3 is 2.76 bits per heavy atom. The van der Waals surface area contributed by atoms with Crippen molar-refractivity contribution in [3.05, 3.63) is 36.0 Å². The zero-order chi connectivity index (χ0) is 18.0. The van der Waals surface area contributed by atoms with Crippen LogP contribution in [0.3, 0.4) is 0 Å². The first-order chi connectivity index (χ1) is 12.0. The van der Waals surface area contributed by atoms with Crippen LogP contribution in [0.25, 0.3) is 0 Å². The fourth-order valence-corrected chi connectivity index (χ4v) is 3.68. The van der Waals surface area contributed by atoms with E-state index in [0.29, 0.717) is 12.0 Å². The first-order valence-corrected chi connectivity index (χ1v) is 8.48. The number of nitrogens with two attached hydrogens (primary N) is 1. The summed E-state index contributed by atoms with van der Waals surface area (Å²) in [5, 5.41) is 8.03. The summed E-state index contributed by atoms with van der Waals surface area (Å²) in [7, 11) is 6.22. The number of likely N-dealkylation sites (tertiary alicyclic amines) is 1. The number of rotatable bonds is 5. The van der Waals surface area contributed by atoms with E-state index in [4.69, 9.17) is 5.73 Å². The van der Waals surface area contributed by atoms with Crippen LogP contribution in [0.5, 0.6) is 0 Å². The largest absolute Gasteiger partial charge is 0.364 e. The third kappa shape index (κ3) is 3.63. The molecule has 0 radical (unpaired) electrons. The molecule has 134 valence electrons. The molecular weight excluding hydrogens is 318 g/mol. The minimum atomic E-state index is -0.563. The van der Waals surface area contributed by atoms with Gasteiger partial charge in [-0.15, -0.1) is 10.2 Å². The number of carbonyl (C=O) groups is 1. The number of primary amides is 1. The minimum absolute atomic E-state index is 0.183. The fourth-order valence-electron chi connectivity index (χ4n) is 3.68. The van der Waals surface area contributed by atoms with Crippen molar-refractivity contribution in [3.63, 3.8) is 0 Å². The highest BCUT2D eigenvalue weighted by atomic mass is 16.1. The van der Waals surface area contributed by atoms with Crippen LogP contribution in [0.15, 0.2) is 24.7 Å². The normalized spacial score (nSPS) is 21.2. The van der Waals surface area contributed by atoms with E-state index in [2.05, 4.69) is 36.6 Å². The van der Waals surface area contributed by atoms with Crippen molar-refractivity contribution in [2.45, 2.75) is 18.9 Å². The Bertz CT molecular complexity index is 727. The van der Waals surface area contributed by atoms with E-state index in [1.807, 2.05) is 26.6 Å². The van der Waals surface area contributed by atoms with Gasteiger partial charge in [-0.05, 0) is 44.5 Å². The first-order valence-electron chi connectivity index (χ1n) is 8.48. The van der Waals surface area contributed by atoms with Crippen LogP contribution in [-0.4, -0.2) is 57.7 Å². The predicted octanol–water partition coefficient (Wildman–Crippen LogP) is 0.828. The quantitative estimate of drug-likeness (QED) is 0.864. The number of piperidine rings is 1. The summed E-state index contributed by atoms with van der Waals surface area (Å²) < 4.78 is 2.10. The molecule has 1 saturated heterocycles. The Labute approximate surface area is 147 Å². The van der Waals surface area contributed by atoms with Crippen LogP contribution in [-0.2, 0) is 7.05 Å². The van der Waals surface area contributed by atoms with Gasteiger partial charge in [0.25, 0.3) is 5.91 Å². The molecule has 0 aliphatic carbocycles. The van der Waals surface area contributed by atoms with Crippen molar-refractivity contribution in [1.29, 1.82) is 0 Å². The molecule has 3 heterocycles. The van der Waals surface area contributed by atoms with Crippen LogP contribution in [0.1, 0.15) is 35.1 Å². The molecule has 0 spiro atoms. The molecule has 1 aliphatic heterocycles. The van der Waals surface area contributed by atoms with Crippen molar-refractivity contribution in [2.75, 3.05) is 32.1 Å². The molecule has 3 rings (SSSR count). The third-order valence-corrected chi connectivity index (χ3v) is 4.97. The molecule has 2 atom stereocenters. The van der Waals surface area contributed by atoms with Crippen LogP contribution >= 0.6 is 0 Å². The maximum atomic E-state index is 11.1. The first kappa shape index (κ1) is 17.3. The van der Waals surface area contributed by atoms with E-state index in [9.17, 15) is 4.79 Å². The topological polar surface area (TPSA) is 93.2 Å². The molecule has 2 aromatic heterocycles. The lowest BCUT2D eigenvalue weighted by Gasteiger charge is -2.40. The molecular formula is C17H25N7O. The summed E-state index contributed by atoms with van der Waals surface area (Å²) in [6.07, 6.45) is 6.14. The summed E-state index contributed by atoms with van der Waals surface area (Å²) >= 11 is 0. The molecule has 0 bridgehead atoms. The Balaban J connectivity index is 1.77. The van der Waals surface area contributed by atoms with Gasteiger partial charge in [0.2, 0.25) is 0 Å². The summed E-state index contributed by atoms with van der Waals surface area (Å²) in [5.74, 6) is 0.630. The lowest BCUT2D eigenvalue weighted by atomic mass is 9.87. The highest BCUT2D eigenvalue weighted by Crippen LogP contribution is 2.35. The molecule has 0 unspecified atom stereocenters. The average Bonchev–Trinajstić information content (AvgIpc) is 3.01. The van der Waals surface area contributed by atoms with Crippen LogP contribution in [0.4, 0.5) is 5.82 Å². The van der Waals surface area contributed by atoms with Gasteiger partial charge in [-0.25, -0.2) is 4.98 Å². The second kappa shape index (κ2) is 7.18. The van der Waals surface area contributed by atoms with Crippen LogP contribution < -0.4 is 10.6 Å². The van der Waals surface area contributed by atoms with E-state index in [-0.39, 0.29) is 5.69 Å². The monoisotopic (exact) mass is 343 g/mol. The van der Waals surface area contributed by atoms with Gasteiger partial charge in [0.1, 0.15) is 0 Å². The Morgan fingerprint density at radius 1 is 1.36 bits per heavy atom. The van der Waals surface area contributed by atoms with E-state index in [1.54, 1.807) is 12.1 Å². The van der Waals surface area contributed by atoms with Gasteiger partial charge in [-0.2, -0.15) is 0 Å². The summed E-state index contributed by atoms with van der Waals surface area (Å²) in [5.41, 5.74) is 6.64. The maximum absolute atomic E-state index is 11.1. The molecule has 8 heteroatoms. The highest BCUT2D eigenvalue weighted by Gasteiger charge is 2.33. The van der Waals surface area contributed by atoms with Crippen molar-refractivity contribution >= 4 is 11.7 Å². The second-order valence-corrected chi connectivity index (χ2v) is 6.78. The minimum Gasteiger partial charge on any atom is -0.364 e. The van der Waals surface area contributed by atoms with E-state index < -0.39 is 5.91 Å². The Morgan fingerprint density at radius 2 is 2.16 bits per heavy atom. The van der Waals surface area contributed by atoms with Crippen molar-refractivity contribution in [1.82, 2.24) is 24.6 Å². The highest BCUT2D eigenvalue weighted by molar-refractivity contribution is 5.90. The molecule has 0 saturated carbocycles. The number of hydrogen-bond acceptors (Lipinski definition) is 6. The number of nitrogens with zero attached hydrogens (tertiary/aromatic N) is 6. The van der Waals surface area contributed by atoms with Gasteiger partial charge in [0, 0.05) is 26.8 Å². The molecule has 2 aromatic rings. The Hall–Kier alpha value is -2.48. The predicted molar refractivity (Wildman–Crippen MR) is 95.1 cm³/mol. The van der Waals surface area contributed by atoms with E-state index in [0.717, 1.165) is 25.3 Å². The molecule has 1 amide bonds. The smallest absolute Gasteiger partial charge is 0.269 e. The summed E-state index contributed by atoms with van der Waals surface area (Å²) in [6.45, 7) is 1.94. The number of carbonyl (C=O) groups excluding carboxylic acids is 1. The zero-order valence-electron chi connectivity index (χ0n) is 15.0. The number of aryl methyl sites for hydroxylation is 1. The van der Waals surface area contributed by atoms with Gasteiger partial charge in [0.05, 0.1) is 18.1 Å². The lowest BCUT2D eigenvalue weighted by molar-refractivity contribution is 0.0994. The molecule has 2 N–H and O–H groups in total. The lowest BCUT2D eigenvalue weighted by Crippen LogP contribution is -2.42. The third-order valence-electron chi connectivity index (χ3n) is 4.97. The average molecular weight is 343 g/mol. The van der Waals surface area contributed by atoms with Crippen molar-refractivity contribution < 1.29 is 4.79 Å². The number of aromatic nitrogens is 4. The van der Waals surface area contributed by atoms with Crippen molar-refractivity contribution in [2.24, 2.45) is 18.7 Å². The fraction of sp³-hybridized carbons (Fsp3) is 0.529. The maximum Gasteiger partial charge on any atom is 0.269 e. The van der Waals surface area contributed by atoms with Gasteiger partial charge in [-0.1, -0.05) is 0 Å². The summed E-state index contributed by atoms with van der Waals surface area (Å²) in [6, 6.07) is 3.73. The van der Waals surface area contributed by atoms with E-state index >= 15 is 0 Å². The van der Waals surface area contributed by atoms with Gasteiger partial charge < -0.3 is 15.2 Å². The van der Waals surface area contributed by atoms with Gasteiger partial charge in [0.15, 0.2) is 11.5 Å². The van der Waals surface area contributed by atoms with Gasteiger partial charge in [-0.3, -0.25) is 9.69 Å². The molecule has 1 aliphatic rings. The number of imidazole rings is 1. The summed E-state index contributed by atoms with van der Waals surface area (Å²) in [4.78, 5) is 19.9. The number of anilines is 1. The number of hydrogen-bond donors (Lipinski definition) is 1. The van der Waals surface area contributed by atoms with Crippen LogP contribution in [0, 0.1) is 5.92 Å². The second-order valence-electron chi connectivity index (χ2n) is 6.78. The number of amides is 1. The molecule has 8 nitrogen and oxygen atoms in total. The molecule has 1 fully saturated rings. The van der Waals surface area contributed by atoms with Crippen LogP contribution in [0.2, 0.25) is 0 Å². The Kier molecular flexibility index (Phi) is 4.98. The van der Waals surface area contributed by atoms with Gasteiger partial charge >= 0.3 is 0 Å². The standard InChI is InChI=1S/C17H25N7O/c1-22-8-4-5-12(16(22)14-9-19-11-24(14)3)10-23(2)15-7-6-13(17(18)25)20-21-15/h6-7,9,11-12,16H,4-5,8,10H2,1-3H3,(H2,18,25)/t12-,16+/m0/s1. The zero-order valence-corrected chi connectivity index (χ0v) is 15.0. The van der Waals surface area contributed by atoms with E-state index in [1.165, 1.54) is 12.1 Å². The SMILES string of the molecule is CN(C[C@@H]1CCCN(C)[C@H]1c1cncn1C)c1ccc(C(N)=O)nn1. The molecule has 25 heavy (non-hydrogen) atoms. The molecule has 0 aromatic carbocycles.